The Bertz CT molecular complexity index is 1060. The molecule has 2 aromatic carbocycles. The van der Waals surface area contributed by atoms with E-state index in [0.717, 1.165) is 11.3 Å². The van der Waals surface area contributed by atoms with Gasteiger partial charge in [-0.1, -0.05) is 36.4 Å². The summed E-state index contributed by atoms with van der Waals surface area (Å²) in [7, 11) is -4.04. The molecule has 0 spiro atoms. The Labute approximate surface area is 169 Å². The molecule has 9 heteroatoms. The van der Waals surface area contributed by atoms with Gasteiger partial charge in [-0.15, -0.1) is 6.58 Å². The Morgan fingerprint density at radius 1 is 1.24 bits per heavy atom. The van der Waals surface area contributed by atoms with E-state index >= 15 is 0 Å². The highest BCUT2D eigenvalue weighted by Gasteiger charge is 2.51. The van der Waals surface area contributed by atoms with Crippen molar-refractivity contribution in [1.82, 2.24) is 9.62 Å². The predicted molar refractivity (Wildman–Crippen MR) is 107 cm³/mol. The molecule has 1 fully saturated rings. The highest BCUT2D eigenvalue weighted by atomic mass is 32.2. The first kappa shape index (κ1) is 19.6. The van der Waals surface area contributed by atoms with Crippen LogP contribution >= 0.6 is 0 Å². The number of para-hydroxylation sites is 2. The summed E-state index contributed by atoms with van der Waals surface area (Å²) in [6, 6.07) is 13.2. The zero-order chi connectivity index (χ0) is 20.6. The second-order valence-electron chi connectivity index (χ2n) is 7.07. The van der Waals surface area contributed by atoms with Crippen LogP contribution in [0.15, 0.2) is 66.1 Å². The lowest BCUT2D eigenvalue weighted by Crippen LogP contribution is -2.68. The number of nitro groups is 1. The van der Waals surface area contributed by atoms with Gasteiger partial charge in [0.25, 0.3) is 5.69 Å². The van der Waals surface area contributed by atoms with Crippen LogP contribution in [0.4, 0.5) is 5.69 Å². The molecule has 0 saturated carbocycles. The molecular formula is C20H21N3O5S. The number of nitrogens with zero attached hydrogens (tertiary/aromatic N) is 2. The number of hydrogen-bond donors (Lipinski definition) is 1. The van der Waals surface area contributed by atoms with Gasteiger partial charge in [0.2, 0.25) is 10.0 Å². The molecule has 3 atom stereocenters. The Morgan fingerprint density at radius 3 is 2.72 bits per heavy atom. The van der Waals surface area contributed by atoms with Crippen LogP contribution in [0, 0.1) is 10.1 Å². The SMILES string of the molecule is C=CCN1[C@@H]2COc3ccccc3[C@@H]2[C@@H]1CNS(=O)(=O)c1ccccc1[N+](=O)[O-]. The van der Waals surface area contributed by atoms with Crippen LogP contribution in [0.3, 0.4) is 0 Å². The van der Waals surface area contributed by atoms with Gasteiger partial charge in [0.15, 0.2) is 4.90 Å². The van der Waals surface area contributed by atoms with Gasteiger partial charge in [-0.25, -0.2) is 13.1 Å². The Hall–Kier alpha value is -2.75. The van der Waals surface area contributed by atoms with Gasteiger partial charge >= 0.3 is 0 Å². The number of hydrogen-bond acceptors (Lipinski definition) is 6. The van der Waals surface area contributed by atoms with Gasteiger partial charge in [0.1, 0.15) is 12.4 Å². The van der Waals surface area contributed by atoms with E-state index in [1.807, 2.05) is 24.3 Å². The molecule has 2 aliphatic rings. The lowest BCUT2D eigenvalue weighted by Gasteiger charge is -2.57. The van der Waals surface area contributed by atoms with Crippen molar-refractivity contribution in [2.45, 2.75) is 22.9 Å². The van der Waals surface area contributed by atoms with Crippen LogP contribution in [-0.4, -0.2) is 50.0 Å². The summed E-state index contributed by atoms with van der Waals surface area (Å²) >= 11 is 0. The highest BCUT2D eigenvalue weighted by molar-refractivity contribution is 7.89. The van der Waals surface area contributed by atoms with E-state index in [1.165, 1.54) is 24.3 Å². The number of fused-ring (bicyclic) bond motifs is 3. The molecule has 1 saturated heterocycles. The van der Waals surface area contributed by atoms with Crippen LogP contribution in [0.25, 0.3) is 0 Å². The van der Waals surface area contributed by atoms with Crippen molar-refractivity contribution in [3.05, 3.63) is 76.9 Å². The van der Waals surface area contributed by atoms with E-state index in [1.54, 1.807) is 6.08 Å². The van der Waals surface area contributed by atoms with Gasteiger partial charge in [-0.2, -0.15) is 0 Å². The lowest BCUT2D eigenvalue weighted by atomic mass is 9.73. The molecule has 0 aromatic heterocycles. The summed E-state index contributed by atoms with van der Waals surface area (Å²) < 4.78 is 34.0. The second-order valence-corrected chi connectivity index (χ2v) is 8.81. The molecule has 0 amide bonds. The van der Waals surface area contributed by atoms with E-state index in [0.29, 0.717) is 13.2 Å². The maximum Gasteiger partial charge on any atom is 0.289 e. The molecule has 0 radical (unpaired) electrons. The van der Waals surface area contributed by atoms with Gasteiger partial charge in [-0.3, -0.25) is 15.0 Å². The van der Waals surface area contributed by atoms with E-state index in [4.69, 9.17) is 4.74 Å². The summed E-state index contributed by atoms with van der Waals surface area (Å²) in [4.78, 5) is 12.3. The van der Waals surface area contributed by atoms with Crippen molar-refractivity contribution in [3.8, 4) is 5.75 Å². The van der Waals surface area contributed by atoms with Crippen LogP contribution in [0.1, 0.15) is 11.5 Å². The highest BCUT2D eigenvalue weighted by Crippen LogP contribution is 2.47. The minimum atomic E-state index is -4.04. The van der Waals surface area contributed by atoms with Crippen molar-refractivity contribution in [2.24, 2.45) is 0 Å². The molecule has 152 valence electrons. The maximum absolute atomic E-state index is 12.8. The summed E-state index contributed by atoms with van der Waals surface area (Å²) in [5.41, 5.74) is 0.616. The zero-order valence-electron chi connectivity index (χ0n) is 15.6. The average Bonchev–Trinajstić information content (AvgIpc) is 2.71. The fourth-order valence-corrected chi connectivity index (χ4v) is 5.48. The standard InChI is InChI=1S/C20H21N3O5S/c1-2-11-22-16(20-14-7-3-5-9-18(14)28-13-17(20)22)12-21-29(26,27)19-10-6-4-8-15(19)23(24)25/h2-10,16-17,20-21H,1,11-13H2/t16-,17+,20+/m0/s1. The van der Waals surface area contributed by atoms with Crippen LogP contribution in [0.2, 0.25) is 0 Å². The van der Waals surface area contributed by atoms with Crippen LogP contribution < -0.4 is 9.46 Å². The molecule has 8 nitrogen and oxygen atoms in total. The average molecular weight is 415 g/mol. The maximum atomic E-state index is 12.8. The molecule has 2 aliphatic heterocycles. The molecule has 1 N–H and O–H groups in total. The molecule has 4 rings (SSSR count). The number of benzene rings is 2. The van der Waals surface area contributed by atoms with Crippen molar-refractivity contribution in [2.75, 3.05) is 19.7 Å². The topological polar surface area (TPSA) is 102 Å². The number of nitro benzene ring substituents is 1. The minimum absolute atomic E-state index is 0.0967. The molecule has 2 aromatic rings. The third-order valence-electron chi connectivity index (χ3n) is 5.54. The number of sulfonamides is 1. The molecule has 0 aliphatic carbocycles. The molecule has 29 heavy (non-hydrogen) atoms. The van der Waals surface area contributed by atoms with Gasteiger partial charge in [-0.05, 0) is 12.1 Å². The van der Waals surface area contributed by atoms with Crippen LogP contribution in [-0.2, 0) is 10.0 Å². The number of nitrogens with one attached hydrogen (secondary N) is 1. The first-order valence-corrected chi connectivity index (χ1v) is 10.7. The van der Waals surface area contributed by atoms with Crippen LogP contribution in [0.5, 0.6) is 5.75 Å². The van der Waals surface area contributed by atoms with E-state index in [-0.39, 0.29) is 29.4 Å². The zero-order valence-corrected chi connectivity index (χ0v) is 16.4. The van der Waals surface area contributed by atoms with Crippen molar-refractivity contribution in [1.29, 1.82) is 0 Å². The summed E-state index contributed by atoms with van der Waals surface area (Å²) in [6.07, 6.45) is 1.78. The first-order chi connectivity index (χ1) is 13.9. The normalized spacial score (nSPS) is 23.2. The molecule has 0 unspecified atom stereocenters. The number of ether oxygens (including phenoxy) is 1. The van der Waals surface area contributed by atoms with E-state index < -0.39 is 20.6 Å². The van der Waals surface area contributed by atoms with E-state index in [2.05, 4.69) is 16.2 Å². The largest absolute Gasteiger partial charge is 0.492 e. The summed E-state index contributed by atoms with van der Waals surface area (Å²) in [5.74, 6) is 0.937. The lowest BCUT2D eigenvalue weighted by molar-refractivity contribution is -0.387. The monoisotopic (exact) mass is 415 g/mol. The van der Waals surface area contributed by atoms with E-state index in [9.17, 15) is 18.5 Å². The summed E-state index contributed by atoms with van der Waals surface area (Å²) in [5, 5.41) is 11.2. The molecule has 2 heterocycles. The van der Waals surface area contributed by atoms with Gasteiger partial charge in [0, 0.05) is 36.7 Å². The number of likely N-dealkylation sites (tertiary alicyclic amines) is 1. The molecular weight excluding hydrogens is 394 g/mol. The summed E-state index contributed by atoms with van der Waals surface area (Å²) in [6.45, 7) is 5.06. The first-order valence-electron chi connectivity index (χ1n) is 9.25. The smallest absolute Gasteiger partial charge is 0.289 e. The fraction of sp³-hybridized carbons (Fsp3) is 0.300. The van der Waals surface area contributed by atoms with Crippen molar-refractivity contribution in [3.63, 3.8) is 0 Å². The van der Waals surface area contributed by atoms with Crippen molar-refractivity contribution >= 4 is 15.7 Å². The fourth-order valence-electron chi connectivity index (χ4n) is 4.26. The van der Waals surface area contributed by atoms with Gasteiger partial charge < -0.3 is 4.74 Å². The van der Waals surface area contributed by atoms with Crippen molar-refractivity contribution < 1.29 is 18.1 Å². The Kier molecular flexibility index (Phi) is 5.12. The van der Waals surface area contributed by atoms with Gasteiger partial charge in [0.05, 0.1) is 11.0 Å². The minimum Gasteiger partial charge on any atom is -0.492 e. The predicted octanol–water partition coefficient (Wildman–Crippen LogP) is 2.29. The quantitative estimate of drug-likeness (QED) is 0.423. The third-order valence-corrected chi connectivity index (χ3v) is 7.01. The number of rotatable bonds is 7. The Balaban J connectivity index is 1.58. The Morgan fingerprint density at radius 2 is 1.97 bits per heavy atom. The molecule has 0 bridgehead atoms. The second kappa shape index (κ2) is 7.58. The third kappa shape index (κ3) is 3.41.